The lowest BCUT2D eigenvalue weighted by atomic mass is 10.0. The standard InChI is InChI=1S/C14H19NO5/c1-10(16)13-8-12(15(17)18)2-3-14(13)20-9-11-4-6-19-7-5-11/h2-3,8,10-11,16H,4-7,9H2,1H3/t10-/m1/s1. The number of hydrogen-bond donors (Lipinski definition) is 1. The van der Waals surface area contributed by atoms with Crippen molar-refractivity contribution in [1.82, 2.24) is 0 Å². The summed E-state index contributed by atoms with van der Waals surface area (Å²) >= 11 is 0. The highest BCUT2D eigenvalue weighted by molar-refractivity contribution is 5.44. The van der Waals surface area contributed by atoms with Crippen molar-refractivity contribution in [2.24, 2.45) is 5.92 Å². The Hall–Kier alpha value is -1.66. The van der Waals surface area contributed by atoms with Gasteiger partial charge in [-0.3, -0.25) is 10.1 Å². The zero-order chi connectivity index (χ0) is 14.5. The van der Waals surface area contributed by atoms with Crippen LogP contribution in [0.1, 0.15) is 31.4 Å². The van der Waals surface area contributed by atoms with E-state index in [2.05, 4.69) is 0 Å². The largest absolute Gasteiger partial charge is 0.493 e. The first-order valence-electron chi connectivity index (χ1n) is 6.75. The van der Waals surface area contributed by atoms with Gasteiger partial charge < -0.3 is 14.6 Å². The number of nitrogens with zero attached hydrogens (tertiary/aromatic N) is 1. The molecule has 1 heterocycles. The molecule has 1 aromatic carbocycles. The average molecular weight is 281 g/mol. The van der Waals surface area contributed by atoms with Gasteiger partial charge in [-0.15, -0.1) is 0 Å². The van der Waals surface area contributed by atoms with Crippen molar-refractivity contribution in [3.05, 3.63) is 33.9 Å². The molecule has 1 fully saturated rings. The monoisotopic (exact) mass is 281 g/mol. The Labute approximate surface area is 117 Å². The minimum absolute atomic E-state index is 0.0423. The Morgan fingerprint density at radius 3 is 2.80 bits per heavy atom. The molecule has 1 aliphatic heterocycles. The fraction of sp³-hybridized carbons (Fsp3) is 0.571. The number of nitro benzene ring substituents is 1. The van der Waals surface area contributed by atoms with E-state index in [-0.39, 0.29) is 5.69 Å². The first kappa shape index (κ1) is 14.7. The minimum atomic E-state index is -0.806. The number of benzene rings is 1. The predicted octanol–water partition coefficient (Wildman–Crippen LogP) is 2.45. The van der Waals surface area contributed by atoms with Crippen molar-refractivity contribution < 1.29 is 19.5 Å². The van der Waals surface area contributed by atoms with Crippen LogP contribution in [0.25, 0.3) is 0 Å². The molecule has 0 radical (unpaired) electrons. The van der Waals surface area contributed by atoms with Crippen molar-refractivity contribution in [3.8, 4) is 5.75 Å². The summed E-state index contributed by atoms with van der Waals surface area (Å²) in [5.41, 5.74) is 0.408. The highest BCUT2D eigenvalue weighted by atomic mass is 16.6. The Morgan fingerprint density at radius 2 is 2.20 bits per heavy atom. The van der Waals surface area contributed by atoms with Crippen LogP contribution < -0.4 is 4.74 Å². The van der Waals surface area contributed by atoms with Crippen LogP contribution in [0.2, 0.25) is 0 Å². The second kappa shape index (κ2) is 6.67. The summed E-state index contributed by atoms with van der Waals surface area (Å²) in [6, 6.07) is 4.31. The quantitative estimate of drug-likeness (QED) is 0.662. The Kier molecular flexibility index (Phi) is 4.92. The van der Waals surface area contributed by atoms with Crippen LogP contribution in [0.3, 0.4) is 0 Å². The molecular weight excluding hydrogens is 262 g/mol. The first-order valence-corrected chi connectivity index (χ1v) is 6.75. The van der Waals surface area contributed by atoms with Gasteiger partial charge in [0.2, 0.25) is 0 Å². The summed E-state index contributed by atoms with van der Waals surface area (Å²) in [7, 11) is 0. The van der Waals surface area contributed by atoms with E-state index in [0.29, 0.717) is 23.8 Å². The van der Waals surface area contributed by atoms with E-state index in [1.165, 1.54) is 12.1 Å². The normalized spacial score (nSPS) is 17.7. The minimum Gasteiger partial charge on any atom is -0.493 e. The number of rotatable bonds is 5. The second-order valence-corrected chi connectivity index (χ2v) is 5.02. The number of hydrogen-bond acceptors (Lipinski definition) is 5. The van der Waals surface area contributed by atoms with Crippen LogP contribution in [0.15, 0.2) is 18.2 Å². The molecule has 0 aromatic heterocycles. The Morgan fingerprint density at radius 1 is 1.50 bits per heavy atom. The maximum atomic E-state index is 10.8. The molecule has 1 N–H and O–H groups in total. The summed E-state index contributed by atoms with van der Waals surface area (Å²) in [6.45, 7) is 3.61. The third-order valence-electron chi connectivity index (χ3n) is 3.47. The lowest BCUT2D eigenvalue weighted by molar-refractivity contribution is -0.385. The molecule has 6 heteroatoms. The van der Waals surface area contributed by atoms with E-state index in [1.807, 2.05) is 0 Å². The molecule has 1 atom stereocenters. The lowest BCUT2D eigenvalue weighted by Gasteiger charge is -2.23. The molecule has 1 aliphatic rings. The van der Waals surface area contributed by atoms with Crippen molar-refractivity contribution >= 4 is 5.69 Å². The second-order valence-electron chi connectivity index (χ2n) is 5.02. The molecule has 0 amide bonds. The maximum Gasteiger partial charge on any atom is 0.270 e. The number of aliphatic hydroxyl groups excluding tert-OH is 1. The van der Waals surface area contributed by atoms with Gasteiger partial charge in [-0.05, 0) is 31.7 Å². The molecule has 1 aromatic rings. The first-order chi connectivity index (χ1) is 9.58. The van der Waals surface area contributed by atoms with Crippen LogP contribution >= 0.6 is 0 Å². The van der Waals surface area contributed by atoms with E-state index in [0.717, 1.165) is 26.1 Å². The summed E-state index contributed by atoms with van der Waals surface area (Å²) in [6.07, 6.45) is 1.10. The number of nitro groups is 1. The summed E-state index contributed by atoms with van der Waals surface area (Å²) < 4.78 is 11.0. The van der Waals surface area contributed by atoms with E-state index in [1.54, 1.807) is 13.0 Å². The van der Waals surface area contributed by atoms with Gasteiger partial charge in [0, 0.05) is 30.9 Å². The predicted molar refractivity (Wildman–Crippen MR) is 72.8 cm³/mol. The zero-order valence-corrected chi connectivity index (χ0v) is 11.4. The van der Waals surface area contributed by atoms with E-state index < -0.39 is 11.0 Å². The van der Waals surface area contributed by atoms with Crippen LogP contribution in [-0.4, -0.2) is 29.9 Å². The molecule has 1 saturated heterocycles. The number of ether oxygens (including phenoxy) is 2. The molecule has 0 spiro atoms. The fourth-order valence-electron chi connectivity index (χ4n) is 2.23. The summed E-state index contributed by atoms with van der Waals surface area (Å²) in [4.78, 5) is 10.3. The van der Waals surface area contributed by atoms with Gasteiger partial charge >= 0.3 is 0 Å². The van der Waals surface area contributed by atoms with Gasteiger partial charge in [-0.2, -0.15) is 0 Å². The summed E-state index contributed by atoms with van der Waals surface area (Å²) in [5, 5.41) is 20.5. The molecule has 6 nitrogen and oxygen atoms in total. The van der Waals surface area contributed by atoms with Gasteiger partial charge in [0.15, 0.2) is 0 Å². The average Bonchev–Trinajstić information content (AvgIpc) is 2.45. The van der Waals surface area contributed by atoms with Crippen molar-refractivity contribution in [1.29, 1.82) is 0 Å². The third kappa shape index (κ3) is 3.68. The van der Waals surface area contributed by atoms with E-state index in [4.69, 9.17) is 9.47 Å². The molecule has 2 rings (SSSR count). The van der Waals surface area contributed by atoms with Crippen LogP contribution in [0.4, 0.5) is 5.69 Å². The Bertz CT molecular complexity index is 469. The Balaban J connectivity index is 2.07. The molecule has 0 saturated carbocycles. The van der Waals surface area contributed by atoms with Gasteiger partial charge in [0.1, 0.15) is 5.75 Å². The fourth-order valence-corrected chi connectivity index (χ4v) is 2.23. The van der Waals surface area contributed by atoms with Crippen molar-refractivity contribution in [2.45, 2.75) is 25.9 Å². The van der Waals surface area contributed by atoms with Crippen molar-refractivity contribution in [3.63, 3.8) is 0 Å². The van der Waals surface area contributed by atoms with Gasteiger partial charge in [0.05, 0.1) is 17.6 Å². The lowest BCUT2D eigenvalue weighted by Crippen LogP contribution is -2.21. The van der Waals surface area contributed by atoms with Crippen LogP contribution in [0, 0.1) is 16.0 Å². The number of non-ortho nitro benzene ring substituents is 1. The topological polar surface area (TPSA) is 81.8 Å². The third-order valence-corrected chi connectivity index (χ3v) is 3.47. The summed E-state index contributed by atoms with van der Waals surface area (Å²) in [5.74, 6) is 0.942. The zero-order valence-electron chi connectivity index (χ0n) is 11.4. The van der Waals surface area contributed by atoms with Crippen LogP contribution in [-0.2, 0) is 4.74 Å². The van der Waals surface area contributed by atoms with Gasteiger partial charge in [-0.1, -0.05) is 0 Å². The highest BCUT2D eigenvalue weighted by Gasteiger charge is 2.18. The van der Waals surface area contributed by atoms with Gasteiger partial charge in [-0.25, -0.2) is 0 Å². The van der Waals surface area contributed by atoms with Crippen LogP contribution in [0.5, 0.6) is 5.75 Å². The molecule has 0 unspecified atom stereocenters. The van der Waals surface area contributed by atoms with Gasteiger partial charge in [0.25, 0.3) is 5.69 Å². The van der Waals surface area contributed by atoms with E-state index in [9.17, 15) is 15.2 Å². The molecule has 20 heavy (non-hydrogen) atoms. The van der Waals surface area contributed by atoms with Crippen molar-refractivity contribution in [2.75, 3.05) is 19.8 Å². The SMILES string of the molecule is C[C@@H](O)c1cc([N+](=O)[O-])ccc1OCC1CCOCC1. The highest BCUT2D eigenvalue weighted by Crippen LogP contribution is 2.30. The molecule has 0 aliphatic carbocycles. The van der Waals surface area contributed by atoms with E-state index >= 15 is 0 Å². The smallest absolute Gasteiger partial charge is 0.270 e. The molecular formula is C14H19NO5. The number of aliphatic hydroxyl groups is 1. The molecule has 0 bridgehead atoms. The molecule has 110 valence electrons. The maximum absolute atomic E-state index is 10.8.